The molecule has 0 aliphatic carbocycles. The molecule has 1 aliphatic heterocycles. The smallest absolute Gasteiger partial charge is 0.221 e. The molecule has 0 radical (unpaired) electrons. The summed E-state index contributed by atoms with van der Waals surface area (Å²) >= 11 is 0. The molecule has 0 saturated carbocycles. The van der Waals surface area contributed by atoms with E-state index in [9.17, 15) is 4.79 Å². The van der Waals surface area contributed by atoms with Gasteiger partial charge in [0.15, 0.2) is 17.5 Å². The first-order valence-corrected chi connectivity index (χ1v) is 8.88. The fourth-order valence-corrected chi connectivity index (χ4v) is 2.71. The Balaban J connectivity index is 1.61. The third-order valence-electron chi connectivity index (χ3n) is 3.94. The second-order valence-corrected chi connectivity index (χ2v) is 6.14. The standard InChI is InChI=1S/C20H24N4O3/c1-14(25)23-16-6-3-5-15(11-16)13-22-20(21-2)24-17-7-8-18-19(12-17)27-10-4-9-26-18/h3,5-8,11-12H,4,9-10,13H2,1-2H3,(H,23,25)(H2,21,22,24). The molecule has 0 spiro atoms. The molecule has 0 fully saturated rings. The molecule has 0 atom stereocenters. The van der Waals surface area contributed by atoms with Crippen molar-refractivity contribution in [2.75, 3.05) is 30.9 Å². The molecule has 1 heterocycles. The summed E-state index contributed by atoms with van der Waals surface area (Å²) in [6.45, 7) is 3.37. The van der Waals surface area contributed by atoms with E-state index in [1.807, 2.05) is 42.5 Å². The normalized spacial score (nSPS) is 13.5. The number of ether oxygens (including phenoxy) is 2. The van der Waals surface area contributed by atoms with Crippen molar-refractivity contribution in [3.63, 3.8) is 0 Å². The van der Waals surface area contributed by atoms with Crippen molar-refractivity contribution in [2.24, 2.45) is 4.99 Å². The van der Waals surface area contributed by atoms with E-state index in [0.717, 1.165) is 34.9 Å². The van der Waals surface area contributed by atoms with E-state index in [1.54, 1.807) is 7.05 Å². The first kappa shape index (κ1) is 18.6. The van der Waals surface area contributed by atoms with Crippen LogP contribution in [0.1, 0.15) is 18.9 Å². The number of rotatable bonds is 4. The van der Waals surface area contributed by atoms with E-state index in [2.05, 4.69) is 20.9 Å². The predicted molar refractivity (Wildman–Crippen MR) is 107 cm³/mol. The third kappa shape index (κ3) is 5.37. The number of nitrogens with one attached hydrogen (secondary N) is 3. The number of hydrogen-bond acceptors (Lipinski definition) is 4. The zero-order chi connectivity index (χ0) is 19.1. The van der Waals surface area contributed by atoms with E-state index >= 15 is 0 Å². The van der Waals surface area contributed by atoms with E-state index in [0.29, 0.717) is 25.7 Å². The van der Waals surface area contributed by atoms with Gasteiger partial charge in [0.25, 0.3) is 0 Å². The number of fused-ring (bicyclic) bond motifs is 1. The van der Waals surface area contributed by atoms with Gasteiger partial charge in [-0.25, -0.2) is 0 Å². The Morgan fingerprint density at radius 3 is 2.59 bits per heavy atom. The van der Waals surface area contributed by atoms with Gasteiger partial charge in [0.1, 0.15) is 0 Å². The minimum absolute atomic E-state index is 0.0907. The number of aliphatic imine (C=N–C) groups is 1. The summed E-state index contributed by atoms with van der Waals surface area (Å²) in [7, 11) is 1.71. The topological polar surface area (TPSA) is 84.0 Å². The Bertz CT molecular complexity index is 836. The fourth-order valence-electron chi connectivity index (χ4n) is 2.71. The molecular weight excluding hydrogens is 344 g/mol. The molecule has 2 aromatic carbocycles. The molecule has 1 aliphatic rings. The van der Waals surface area contributed by atoms with Gasteiger partial charge in [-0.2, -0.15) is 0 Å². The number of anilines is 2. The van der Waals surface area contributed by atoms with E-state index < -0.39 is 0 Å². The van der Waals surface area contributed by atoms with E-state index in [-0.39, 0.29) is 5.91 Å². The maximum absolute atomic E-state index is 11.2. The van der Waals surface area contributed by atoms with Crippen molar-refractivity contribution >= 4 is 23.2 Å². The molecule has 3 rings (SSSR count). The molecule has 27 heavy (non-hydrogen) atoms. The summed E-state index contributed by atoms with van der Waals surface area (Å²) < 4.78 is 11.4. The van der Waals surface area contributed by atoms with Crippen LogP contribution in [0.5, 0.6) is 11.5 Å². The van der Waals surface area contributed by atoms with Gasteiger partial charge < -0.3 is 25.4 Å². The molecule has 7 heteroatoms. The monoisotopic (exact) mass is 368 g/mol. The number of carbonyl (C=O) groups excluding carboxylic acids is 1. The quantitative estimate of drug-likeness (QED) is 0.571. The van der Waals surface area contributed by atoms with E-state index in [1.165, 1.54) is 6.92 Å². The van der Waals surface area contributed by atoms with Crippen LogP contribution in [-0.4, -0.2) is 32.1 Å². The number of benzene rings is 2. The van der Waals surface area contributed by atoms with Gasteiger partial charge in [-0.3, -0.25) is 9.79 Å². The van der Waals surface area contributed by atoms with Crippen LogP contribution < -0.4 is 25.4 Å². The molecular formula is C20H24N4O3. The second-order valence-electron chi connectivity index (χ2n) is 6.14. The molecule has 142 valence electrons. The Kier molecular flexibility index (Phi) is 6.14. The van der Waals surface area contributed by atoms with Crippen LogP contribution >= 0.6 is 0 Å². The van der Waals surface area contributed by atoms with Crippen LogP contribution in [0.3, 0.4) is 0 Å². The minimum Gasteiger partial charge on any atom is -0.490 e. The lowest BCUT2D eigenvalue weighted by Crippen LogP contribution is -2.30. The van der Waals surface area contributed by atoms with Crippen molar-refractivity contribution in [3.8, 4) is 11.5 Å². The molecule has 0 bridgehead atoms. The highest BCUT2D eigenvalue weighted by Gasteiger charge is 2.11. The van der Waals surface area contributed by atoms with Crippen LogP contribution in [0.4, 0.5) is 11.4 Å². The molecule has 0 unspecified atom stereocenters. The number of nitrogens with zero attached hydrogens (tertiary/aromatic N) is 1. The molecule has 1 amide bonds. The maximum Gasteiger partial charge on any atom is 0.221 e. The zero-order valence-electron chi connectivity index (χ0n) is 15.5. The lowest BCUT2D eigenvalue weighted by atomic mass is 10.2. The van der Waals surface area contributed by atoms with Crippen molar-refractivity contribution < 1.29 is 14.3 Å². The number of amides is 1. The average Bonchev–Trinajstić information content (AvgIpc) is 2.90. The van der Waals surface area contributed by atoms with Gasteiger partial charge in [-0.05, 0) is 29.8 Å². The Morgan fingerprint density at radius 2 is 1.81 bits per heavy atom. The molecule has 3 N–H and O–H groups in total. The average molecular weight is 368 g/mol. The van der Waals surface area contributed by atoms with Crippen LogP contribution in [0.25, 0.3) is 0 Å². The summed E-state index contributed by atoms with van der Waals surface area (Å²) in [5, 5.41) is 9.29. The van der Waals surface area contributed by atoms with Gasteiger partial charge in [0, 0.05) is 44.4 Å². The van der Waals surface area contributed by atoms with Crippen LogP contribution in [-0.2, 0) is 11.3 Å². The predicted octanol–water partition coefficient (Wildman–Crippen LogP) is 2.99. The SMILES string of the molecule is CN=C(NCc1cccc(NC(C)=O)c1)Nc1ccc2c(c1)OCCCO2. The molecule has 7 nitrogen and oxygen atoms in total. The minimum atomic E-state index is -0.0907. The van der Waals surface area contributed by atoms with Crippen molar-refractivity contribution in [1.29, 1.82) is 0 Å². The second kappa shape index (κ2) is 8.93. The van der Waals surface area contributed by atoms with Gasteiger partial charge in [0.05, 0.1) is 13.2 Å². The van der Waals surface area contributed by atoms with Crippen LogP contribution in [0.2, 0.25) is 0 Å². The summed E-state index contributed by atoms with van der Waals surface area (Å²) in [6, 6.07) is 13.4. The third-order valence-corrected chi connectivity index (χ3v) is 3.94. The molecule has 0 saturated heterocycles. The van der Waals surface area contributed by atoms with Gasteiger partial charge in [-0.1, -0.05) is 12.1 Å². The zero-order valence-corrected chi connectivity index (χ0v) is 15.5. The van der Waals surface area contributed by atoms with Crippen LogP contribution in [0, 0.1) is 0 Å². The molecule has 0 aromatic heterocycles. The highest BCUT2D eigenvalue weighted by Crippen LogP contribution is 2.32. The van der Waals surface area contributed by atoms with Gasteiger partial charge in [-0.15, -0.1) is 0 Å². The highest BCUT2D eigenvalue weighted by molar-refractivity contribution is 5.94. The summed E-state index contributed by atoms with van der Waals surface area (Å²) in [5.41, 5.74) is 2.66. The lowest BCUT2D eigenvalue weighted by Gasteiger charge is -2.14. The number of hydrogen-bond donors (Lipinski definition) is 3. The largest absolute Gasteiger partial charge is 0.490 e. The Morgan fingerprint density at radius 1 is 1.04 bits per heavy atom. The highest BCUT2D eigenvalue weighted by atomic mass is 16.5. The summed E-state index contributed by atoms with van der Waals surface area (Å²) in [5.74, 6) is 2.04. The lowest BCUT2D eigenvalue weighted by molar-refractivity contribution is -0.114. The maximum atomic E-state index is 11.2. The number of guanidine groups is 1. The van der Waals surface area contributed by atoms with E-state index in [4.69, 9.17) is 9.47 Å². The Hall–Kier alpha value is -3.22. The first-order valence-electron chi connectivity index (χ1n) is 8.88. The van der Waals surface area contributed by atoms with Gasteiger partial charge >= 0.3 is 0 Å². The Labute approximate surface area is 158 Å². The first-order chi connectivity index (χ1) is 13.1. The van der Waals surface area contributed by atoms with Crippen LogP contribution in [0.15, 0.2) is 47.5 Å². The van der Waals surface area contributed by atoms with Gasteiger partial charge in [0.2, 0.25) is 5.91 Å². The van der Waals surface area contributed by atoms with Crippen molar-refractivity contribution in [3.05, 3.63) is 48.0 Å². The summed E-state index contributed by atoms with van der Waals surface area (Å²) in [4.78, 5) is 15.4. The fraction of sp³-hybridized carbons (Fsp3) is 0.300. The van der Waals surface area contributed by atoms with Crippen molar-refractivity contribution in [2.45, 2.75) is 19.9 Å². The molecule has 2 aromatic rings. The summed E-state index contributed by atoms with van der Waals surface area (Å²) in [6.07, 6.45) is 0.873. The van der Waals surface area contributed by atoms with Crippen molar-refractivity contribution in [1.82, 2.24) is 5.32 Å². The number of carbonyl (C=O) groups is 1.